The highest BCUT2D eigenvalue weighted by atomic mass is 16.5. The van der Waals surface area contributed by atoms with E-state index in [1.807, 2.05) is 68.4 Å². The minimum absolute atomic E-state index is 0.00955. The zero-order valence-electron chi connectivity index (χ0n) is 20.1. The molecule has 0 spiro atoms. The molecule has 9 heteroatoms. The van der Waals surface area contributed by atoms with E-state index < -0.39 is 11.5 Å². The van der Waals surface area contributed by atoms with Crippen molar-refractivity contribution in [2.24, 2.45) is 0 Å². The van der Waals surface area contributed by atoms with Crippen LogP contribution in [-0.4, -0.2) is 37.7 Å². The van der Waals surface area contributed by atoms with Gasteiger partial charge >= 0.3 is 0 Å². The number of carbonyl (C=O) groups excluding carboxylic acids is 1. The van der Waals surface area contributed by atoms with Gasteiger partial charge in [0.2, 0.25) is 0 Å². The summed E-state index contributed by atoms with van der Waals surface area (Å²) >= 11 is 0. The number of hydrogen-bond acceptors (Lipinski definition) is 6. The Morgan fingerprint density at radius 1 is 1.03 bits per heavy atom. The number of para-hydroxylation sites is 1. The number of nitrogens with one attached hydrogen (secondary N) is 2. The van der Waals surface area contributed by atoms with Crippen molar-refractivity contribution >= 4 is 22.6 Å². The molecule has 0 radical (unpaired) electrons. The molecule has 0 aliphatic heterocycles. The molecule has 3 aromatic heterocycles. The summed E-state index contributed by atoms with van der Waals surface area (Å²) in [5.41, 5.74) is 3.10. The molecule has 180 valence electrons. The van der Waals surface area contributed by atoms with E-state index in [9.17, 15) is 9.59 Å². The van der Waals surface area contributed by atoms with Crippen LogP contribution in [0.3, 0.4) is 0 Å². The van der Waals surface area contributed by atoms with Crippen molar-refractivity contribution in [1.29, 1.82) is 0 Å². The summed E-state index contributed by atoms with van der Waals surface area (Å²) in [5.74, 6) is 1.61. The van der Waals surface area contributed by atoms with Crippen LogP contribution in [0.1, 0.15) is 33.1 Å². The Morgan fingerprint density at radius 3 is 2.58 bits per heavy atom. The van der Waals surface area contributed by atoms with Crippen molar-refractivity contribution in [3.05, 3.63) is 105 Å². The first-order valence-electron chi connectivity index (χ1n) is 11.4. The molecule has 0 bridgehead atoms. The maximum Gasteiger partial charge on any atom is 0.275 e. The summed E-state index contributed by atoms with van der Waals surface area (Å²) in [6, 6.07) is 20.1. The number of carbonyl (C=O) groups is 1. The number of pyridine rings is 1. The maximum absolute atomic E-state index is 13.1. The third kappa shape index (κ3) is 4.72. The van der Waals surface area contributed by atoms with Gasteiger partial charge < -0.3 is 15.0 Å². The highest BCUT2D eigenvalue weighted by Crippen LogP contribution is 2.22. The Bertz CT molecular complexity index is 1640. The van der Waals surface area contributed by atoms with Crippen molar-refractivity contribution in [2.45, 2.75) is 20.3 Å². The van der Waals surface area contributed by atoms with Gasteiger partial charge in [0, 0.05) is 23.9 Å². The molecule has 9 nitrogen and oxygen atoms in total. The summed E-state index contributed by atoms with van der Waals surface area (Å²) in [5, 5.41) is 8.41. The Labute approximate surface area is 206 Å². The predicted molar refractivity (Wildman–Crippen MR) is 137 cm³/mol. The van der Waals surface area contributed by atoms with Gasteiger partial charge in [-0.15, -0.1) is 0 Å². The molecule has 5 rings (SSSR count). The van der Waals surface area contributed by atoms with Crippen LogP contribution in [0.4, 0.5) is 5.82 Å². The molecular formula is C27H24N6O3. The minimum atomic E-state index is -0.518. The largest absolute Gasteiger partial charge is 0.497 e. The van der Waals surface area contributed by atoms with Crippen LogP contribution in [0.2, 0.25) is 0 Å². The zero-order valence-corrected chi connectivity index (χ0v) is 20.1. The lowest BCUT2D eigenvalue weighted by Gasteiger charge is -2.11. The Morgan fingerprint density at radius 2 is 1.81 bits per heavy atom. The standard InChI is InChI=1S/C27H24N6O3/c1-16-12-24(29-21-7-5-4-6-20(16)21)33-25(13-17(2)32-33)31-27(35)22-15-26(34)30-23(28-22)14-18-8-10-19(36-3)11-9-18/h4-13,15H,14H2,1-3H3,(H,31,35)(H,28,30,34). The van der Waals surface area contributed by atoms with Gasteiger partial charge in [0.15, 0.2) is 5.82 Å². The van der Waals surface area contributed by atoms with Gasteiger partial charge in [0.1, 0.15) is 23.1 Å². The fourth-order valence-corrected chi connectivity index (χ4v) is 4.03. The Kier molecular flexibility index (Phi) is 6.03. The van der Waals surface area contributed by atoms with Gasteiger partial charge in [-0.1, -0.05) is 30.3 Å². The average molecular weight is 481 g/mol. The van der Waals surface area contributed by atoms with Crippen LogP contribution in [0.25, 0.3) is 16.7 Å². The molecule has 0 unspecified atom stereocenters. The van der Waals surface area contributed by atoms with Crippen LogP contribution in [-0.2, 0) is 6.42 Å². The number of aryl methyl sites for hydroxylation is 2. The van der Waals surface area contributed by atoms with E-state index in [0.29, 0.717) is 29.6 Å². The van der Waals surface area contributed by atoms with Gasteiger partial charge in [-0.05, 0) is 49.2 Å². The number of benzene rings is 2. The van der Waals surface area contributed by atoms with Gasteiger partial charge in [-0.25, -0.2) is 9.97 Å². The number of anilines is 1. The van der Waals surface area contributed by atoms with E-state index in [1.54, 1.807) is 17.9 Å². The van der Waals surface area contributed by atoms with Crippen LogP contribution >= 0.6 is 0 Å². The third-order valence-electron chi connectivity index (χ3n) is 5.75. The Hall–Kier alpha value is -4.79. The van der Waals surface area contributed by atoms with Crippen molar-refractivity contribution in [3.63, 3.8) is 0 Å². The number of amides is 1. The second-order valence-electron chi connectivity index (χ2n) is 8.45. The molecule has 0 saturated carbocycles. The quantitative estimate of drug-likeness (QED) is 0.380. The molecular weight excluding hydrogens is 456 g/mol. The molecule has 2 N–H and O–H groups in total. The van der Waals surface area contributed by atoms with E-state index in [2.05, 4.69) is 20.4 Å². The van der Waals surface area contributed by atoms with E-state index in [0.717, 1.165) is 27.8 Å². The molecule has 0 fully saturated rings. The molecule has 0 atom stereocenters. The number of methoxy groups -OCH3 is 1. The minimum Gasteiger partial charge on any atom is -0.497 e. The van der Waals surface area contributed by atoms with Crippen molar-refractivity contribution in [1.82, 2.24) is 24.7 Å². The average Bonchev–Trinajstić information content (AvgIpc) is 3.24. The number of fused-ring (bicyclic) bond motifs is 1. The molecule has 0 aliphatic rings. The fourth-order valence-electron chi connectivity index (χ4n) is 4.03. The number of aromatic nitrogens is 5. The van der Waals surface area contributed by atoms with Crippen molar-refractivity contribution in [2.75, 3.05) is 12.4 Å². The summed E-state index contributed by atoms with van der Waals surface area (Å²) in [4.78, 5) is 37.2. The van der Waals surface area contributed by atoms with E-state index in [-0.39, 0.29) is 5.69 Å². The number of H-pyrrole nitrogens is 1. The highest BCUT2D eigenvalue weighted by molar-refractivity contribution is 6.02. The lowest BCUT2D eigenvalue weighted by Crippen LogP contribution is -2.22. The SMILES string of the molecule is COc1ccc(Cc2nc(C(=O)Nc3cc(C)nn3-c3cc(C)c4ccccc4n3)cc(=O)[nH]2)cc1. The lowest BCUT2D eigenvalue weighted by molar-refractivity contribution is 0.102. The smallest absolute Gasteiger partial charge is 0.275 e. The molecule has 0 saturated heterocycles. The second-order valence-corrected chi connectivity index (χ2v) is 8.45. The van der Waals surface area contributed by atoms with Gasteiger partial charge in [0.25, 0.3) is 11.5 Å². The predicted octanol–water partition coefficient (Wildman–Crippen LogP) is 3.97. The number of nitrogens with zero attached hydrogens (tertiary/aromatic N) is 4. The monoisotopic (exact) mass is 480 g/mol. The van der Waals surface area contributed by atoms with Crippen molar-refractivity contribution < 1.29 is 9.53 Å². The van der Waals surface area contributed by atoms with Crippen LogP contribution in [0, 0.1) is 13.8 Å². The number of rotatable bonds is 6. The van der Waals surface area contributed by atoms with E-state index >= 15 is 0 Å². The zero-order chi connectivity index (χ0) is 25.2. The van der Waals surface area contributed by atoms with Crippen LogP contribution < -0.4 is 15.6 Å². The van der Waals surface area contributed by atoms with Crippen LogP contribution in [0.15, 0.2) is 71.5 Å². The summed E-state index contributed by atoms with van der Waals surface area (Å²) in [6.45, 7) is 3.84. The normalized spacial score (nSPS) is 11.0. The molecule has 1 amide bonds. The summed E-state index contributed by atoms with van der Waals surface area (Å²) in [7, 11) is 1.60. The fraction of sp³-hybridized carbons (Fsp3) is 0.148. The topological polar surface area (TPSA) is 115 Å². The number of ether oxygens (including phenoxy) is 1. The maximum atomic E-state index is 13.1. The van der Waals surface area contributed by atoms with Gasteiger partial charge in [-0.2, -0.15) is 9.78 Å². The number of aromatic amines is 1. The van der Waals surface area contributed by atoms with Crippen LogP contribution in [0.5, 0.6) is 5.75 Å². The molecule has 2 aromatic carbocycles. The first-order valence-corrected chi connectivity index (χ1v) is 11.4. The van der Waals surface area contributed by atoms with Gasteiger partial charge in [0.05, 0.1) is 18.3 Å². The second kappa shape index (κ2) is 9.46. The number of hydrogen-bond donors (Lipinski definition) is 2. The Balaban J connectivity index is 1.43. The van der Waals surface area contributed by atoms with Crippen molar-refractivity contribution in [3.8, 4) is 11.6 Å². The molecule has 3 heterocycles. The first-order chi connectivity index (χ1) is 17.4. The van der Waals surface area contributed by atoms with Gasteiger partial charge in [-0.3, -0.25) is 9.59 Å². The van der Waals surface area contributed by atoms with E-state index in [1.165, 1.54) is 6.07 Å². The molecule has 36 heavy (non-hydrogen) atoms. The molecule has 5 aromatic rings. The lowest BCUT2D eigenvalue weighted by atomic mass is 10.1. The molecule has 0 aliphatic carbocycles. The van der Waals surface area contributed by atoms with E-state index in [4.69, 9.17) is 9.72 Å². The highest BCUT2D eigenvalue weighted by Gasteiger charge is 2.17. The summed E-state index contributed by atoms with van der Waals surface area (Å²) < 4.78 is 6.76. The first kappa shape index (κ1) is 23.0. The summed E-state index contributed by atoms with van der Waals surface area (Å²) in [6.07, 6.45) is 0.359. The third-order valence-corrected chi connectivity index (χ3v) is 5.75.